The molecule has 0 unspecified atom stereocenters. The Balaban J connectivity index is -0.000000187. The Kier molecular flexibility index (Phi) is 64.2. The monoisotopic (exact) mass is 1380 g/mol. The van der Waals surface area contributed by atoms with Crippen molar-refractivity contribution in [2.24, 2.45) is 0 Å². The van der Waals surface area contributed by atoms with Gasteiger partial charge in [-0.25, -0.2) is 9.97 Å². The average Bonchev–Trinajstić information content (AvgIpc) is 4.26. The SMILES string of the molecule is CC.CC.CC.CC.CC.CC.Cc1[c-]nn2ccccc12.Cc1cc2c(s1)CCCC2.Cc1cnc2c(c1)OCC[N-]2.Cc1cnccn1.Cc1cncnc1.Cc1n[n-]c(C)n1.Cc1n[n-]c2ncccc12.[Y].[Y].[Y].[Y]. The maximum Gasteiger partial charge on any atom is 0.118 e. The van der Waals surface area contributed by atoms with Crippen LogP contribution in [0.15, 0.2) is 98.4 Å². The Morgan fingerprint density at radius 3 is 1.78 bits per heavy atom. The van der Waals surface area contributed by atoms with Crippen molar-refractivity contribution in [3.63, 3.8) is 0 Å². The minimum atomic E-state index is 0. The van der Waals surface area contributed by atoms with Crippen molar-refractivity contribution in [1.82, 2.24) is 64.9 Å². The first-order valence-electron chi connectivity index (χ1n) is 26.2. The van der Waals surface area contributed by atoms with E-state index in [4.69, 9.17) is 4.74 Å². The molecule has 0 saturated carbocycles. The summed E-state index contributed by atoms with van der Waals surface area (Å²) in [6.07, 6.45) is 23.9. The molecule has 0 fully saturated rings. The first-order valence-corrected chi connectivity index (χ1v) is 27.0. The molecule has 11 rings (SSSR count). The van der Waals surface area contributed by atoms with Crippen molar-refractivity contribution in [3.05, 3.63) is 165 Å². The van der Waals surface area contributed by atoms with Gasteiger partial charge in [0, 0.05) is 189 Å². The predicted octanol–water partition coefficient (Wildman–Crippen LogP) is 14.8. The van der Waals surface area contributed by atoms with Crippen molar-refractivity contribution < 1.29 is 136 Å². The smallest absolute Gasteiger partial charge is 0.118 e. The van der Waals surface area contributed by atoms with Gasteiger partial charge in [0.15, 0.2) is 0 Å². The number of rotatable bonds is 0. The van der Waals surface area contributed by atoms with Crippen LogP contribution in [0, 0.1) is 61.6 Å². The number of pyridine rings is 3. The van der Waals surface area contributed by atoms with E-state index in [0.717, 1.165) is 74.4 Å². The van der Waals surface area contributed by atoms with Gasteiger partial charge in [-0.1, -0.05) is 138 Å². The molecule has 9 aromatic rings. The second kappa shape index (κ2) is 57.7. The number of hydrogen-bond donors (Lipinski definition) is 0. The van der Waals surface area contributed by atoms with Crippen LogP contribution in [-0.2, 0) is 144 Å². The second-order valence-electron chi connectivity index (χ2n) is 14.2. The normalized spacial score (nSPS) is 9.79. The van der Waals surface area contributed by atoms with Crippen LogP contribution in [0.25, 0.3) is 21.9 Å². The van der Waals surface area contributed by atoms with Crippen molar-refractivity contribution >= 4 is 33.7 Å². The van der Waals surface area contributed by atoms with Crippen LogP contribution in [0.4, 0.5) is 5.82 Å². The summed E-state index contributed by atoms with van der Waals surface area (Å²) in [6.45, 7) is 41.0. The van der Waals surface area contributed by atoms with Crippen LogP contribution >= 0.6 is 11.3 Å². The Hall–Kier alpha value is -2.52. The standard InChI is InChI=1S/C9H12S.C8H9N2O.C8H7N2.C7H6N3.2C5H6N2.C4H6N3.6C2H6.4Y/c1-7-6-8-4-2-3-5-9(8)10-7;1-6-4-7-8(10-5-6)9-2-3-11-7;1-7-6-9-10-5-3-2-4-8(7)10;1-5-6-3-2-4-8-7(6)10-9-5;1-5-2-6-4-7-3-5;1-5-4-6-2-3-7-5;1-3-5-4(2)7-6-3;6*1-2;;;;/h6H,2-5H2,1H3;4-5H,2-3H2,1H3;2-5H,1H3;2-4H,1H3;2*2-4H,1H3;1-2H3;6*1-2H3;;;;/q;3*-1;;;-1;;;;;;;;;;. The van der Waals surface area contributed by atoms with Crippen LogP contribution < -0.4 is 14.9 Å². The fraction of sp³-hybridized carbons (Fsp3) is 0.448. The van der Waals surface area contributed by atoms with Gasteiger partial charge >= 0.3 is 0 Å². The Bertz CT molecular complexity index is 2530. The van der Waals surface area contributed by atoms with Gasteiger partial charge in [-0.3, -0.25) is 20.2 Å². The van der Waals surface area contributed by atoms with Gasteiger partial charge in [0.25, 0.3) is 0 Å². The molecule has 0 aromatic carbocycles. The zero-order valence-corrected chi connectivity index (χ0v) is 63.0. The molecule has 418 valence electrons. The minimum absolute atomic E-state index is 0. The number of ether oxygens (including phenoxy) is 1. The van der Waals surface area contributed by atoms with E-state index in [1.54, 1.807) is 53.8 Å². The molecule has 1 aliphatic carbocycles. The molecule has 10 heterocycles. The van der Waals surface area contributed by atoms with Crippen LogP contribution in [0.2, 0.25) is 0 Å². The predicted molar refractivity (Wildman–Crippen MR) is 311 cm³/mol. The number of fused-ring (bicyclic) bond motifs is 4. The molecule has 0 atom stereocenters. The Morgan fingerprint density at radius 1 is 0.628 bits per heavy atom. The Labute approximate surface area is 574 Å². The largest absolute Gasteiger partial charge is 0.494 e. The van der Waals surface area contributed by atoms with E-state index < -0.39 is 0 Å². The van der Waals surface area contributed by atoms with Gasteiger partial charge in [0.1, 0.15) is 12.1 Å². The van der Waals surface area contributed by atoms with E-state index in [0.29, 0.717) is 6.61 Å². The van der Waals surface area contributed by atoms with Gasteiger partial charge < -0.3 is 44.8 Å². The summed E-state index contributed by atoms with van der Waals surface area (Å²) in [4.78, 5) is 30.5. The third kappa shape index (κ3) is 37.5. The second-order valence-corrected chi connectivity index (χ2v) is 15.5. The molecule has 0 N–H and O–H groups in total. The van der Waals surface area contributed by atoms with Gasteiger partial charge in [0.2, 0.25) is 0 Å². The van der Waals surface area contributed by atoms with Crippen molar-refractivity contribution in [2.45, 2.75) is 164 Å². The maximum absolute atomic E-state index is 5.35. The van der Waals surface area contributed by atoms with Crippen LogP contribution in [0.5, 0.6) is 5.75 Å². The topological polar surface area (TPSA) is 185 Å². The summed E-state index contributed by atoms with van der Waals surface area (Å²) in [5, 5.41) is 24.3. The zero-order valence-electron chi connectivity index (χ0n) is 50.9. The molecule has 9 aromatic heterocycles. The average molecular weight is 1390 g/mol. The van der Waals surface area contributed by atoms with Crippen molar-refractivity contribution in [3.8, 4) is 5.75 Å². The maximum atomic E-state index is 5.35. The van der Waals surface area contributed by atoms with Gasteiger partial charge in [0.05, 0.1) is 12.3 Å². The van der Waals surface area contributed by atoms with Gasteiger partial charge in [-0.05, 0) is 127 Å². The number of hydrogen-bond acceptors (Lipinski definition) is 12. The minimum Gasteiger partial charge on any atom is -0.494 e. The molecule has 0 bridgehead atoms. The molecular formula is C58H88N14OSY4-4. The molecule has 0 saturated heterocycles. The molecule has 15 nitrogen and oxygen atoms in total. The number of thiophene rings is 1. The van der Waals surface area contributed by atoms with Crippen LogP contribution in [0.3, 0.4) is 0 Å². The summed E-state index contributed by atoms with van der Waals surface area (Å²) in [7, 11) is 0. The molecule has 78 heavy (non-hydrogen) atoms. The first-order chi connectivity index (χ1) is 36.0. The van der Waals surface area contributed by atoms with E-state index in [1.807, 2.05) is 190 Å². The van der Waals surface area contributed by atoms with Crippen LogP contribution in [0.1, 0.15) is 151 Å². The van der Waals surface area contributed by atoms with E-state index in [2.05, 4.69) is 84.9 Å². The number of aromatic nitrogens is 13. The van der Waals surface area contributed by atoms with E-state index in [-0.39, 0.29) is 131 Å². The quantitative estimate of drug-likeness (QED) is 0.131. The van der Waals surface area contributed by atoms with Crippen molar-refractivity contribution in [1.29, 1.82) is 0 Å². The van der Waals surface area contributed by atoms with E-state index in [9.17, 15) is 0 Å². The fourth-order valence-corrected chi connectivity index (χ4v) is 6.95. The molecule has 0 amide bonds. The molecule has 1 aliphatic heterocycles. The molecule has 4 radical (unpaired) electrons. The summed E-state index contributed by atoms with van der Waals surface area (Å²) in [5.74, 6) is 3.05. The summed E-state index contributed by atoms with van der Waals surface area (Å²) in [6, 6.07) is 14.2. The van der Waals surface area contributed by atoms with Crippen LogP contribution in [-0.4, -0.2) is 67.9 Å². The van der Waals surface area contributed by atoms with Gasteiger partial charge in [-0.15, -0.1) is 23.6 Å². The van der Waals surface area contributed by atoms with Gasteiger partial charge in [-0.2, -0.15) is 5.56 Å². The third-order valence-electron chi connectivity index (χ3n) is 8.76. The molecular weight excluding hydrogens is 1300 g/mol. The Morgan fingerprint density at radius 2 is 1.28 bits per heavy atom. The zero-order chi connectivity index (χ0) is 56.1. The third-order valence-corrected chi connectivity index (χ3v) is 9.92. The fourth-order valence-electron chi connectivity index (χ4n) is 5.82. The summed E-state index contributed by atoms with van der Waals surface area (Å²) >= 11 is 1.99. The number of aryl methyl sites for hydroxylation is 10. The number of nitrogens with zero attached hydrogens (tertiary/aromatic N) is 14. The summed E-state index contributed by atoms with van der Waals surface area (Å²) < 4.78 is 7.16. The van der Waals surface area contributed by atoms with Crippen molar-refractivity contribution in [2.75, 3.05) is 13.2 Å². The molecule has 0 spiro atoms. The van der Waals surface area contributed by atoms with E-state index in [1.165, 1.54) is 36.9 Å². The molecule has 20 heteroatoms. The molecule has 2 aliphatic rings. The summed E-state index contributed by atoms with van der Waals surface area (Å²) in [5.41, 5.74) is 8.71. The van der Waals surface area contributed by atoms with E-state index >= 15 is 0 Å². The first kappa shape index (κ1) is 86.7.